The molecule has 4 nitrogen and oxygen atoms in total. The maximum atomic E-state index is 13.2. The zero-order valence-electron chi connectivity index (χ0n) is 11.1. The molecule has 1 aliphatic rings. The van der Waals surface area contributed by atoms with Crippen LogP contribution >= 0.6 is 15.9 Å². The highest BCUT2D eigenvalue weighted by Crippen LogP contribution is 2.35. The monoisotopic (exact) mass is 353 g/mol. The van der Waals surface area contributed by atoms with Crippen LogP contribution in [0.3, 0.4) is 0 Å². The Balaban J connectivity index is 1.80. The Bertz CT molecular complexity index is 678. The van der Waals surface area contributed by atoms with Crippen molar-refractivity contribution in [3.8, 4) is 17.2 Å². The largest absolute Gasteiger partial charge is 0.488 e. The van der Waals surface area contributed by atoms with E-state index >= 15 is 0 Å². The van der Waals surface area contributed by atoms with E-state index in [4.69, 9.17) is 19.9 Å². The van der Waals surface area contributed by atoms with Crippen molar-refractivity contribution in [2.24, 2.45) is 0 Å². The van der Waals surface area contributed by atoms with Crippen LogP contribution in [0.4, 0.5) is 10.1 Å². The van der Waals surface area contributed by atoms with Gasteiger partial charge >= 0.3 is 0 Å². The van der Waals surface area contributed by atoms with Gasteiger partial charge in [0.15, 0.2) is 11.5 Å². The van der Waals surface area contributed by atoms with Crippen LogP contribution in [0.25, 0.3) is 0 Å². The maximum Gasteiger partial charge on any atom is 0.163 e. The van der Waals surface area contributed by atoms with Crippen molar-refractivity contribution in [3.63, 3.8) is 0 Å². The number of fused-ring (bicyclic) bond motifs is 1. The molecule has 0 atom stereocenters. The van der Waals surface area contributed by atoms with Crippen molar-refractivity contribution in [1.82, 2.24) is 0 Å². The molecule has 1 aliphatic heterocycles. The topological polar surface area (TPSA) is 53.7 Å². The fourth-order valence-corrected chi connectivity index (χ4v) is 2.38. The summed E-state index contributed by atoms with van der Waals surface area (Å²) in [5, 5.41) is 0. The Morgan fingerprint density at radius 2 is 1.86 bits per heavy atom. The van der Waals surface area contributed by atoms with Gasteiger partial charge in [0.2, 0.25) is 0 Å². The van der Waals surface area contributed by atoms with Gasteiger partial charge in [0.25, 0.3) is 0 Å². The van der Waals surface area contributed by atoms with E-state index in [-0.39, 0.29) is 12.4 Å². The molecule has 1 heterocycles. The summed E-state index contributed by atoms with van der Waals surface area (Å²) in [5.41, 5.74) is 7.28. The minimum absolute atomic E-state index is 0.213. The number of benzene rings is 2. The number of ether oxygens (including phenoxy) is 3. The van der Waals surface area contributed by atoms with Crippen LogP contribution in [-0.4, -0.2) is 13.2 Å². The van der Waals surface area contributed by atoms with Gasteiger partial charge in [-0.15, -0.1) is 0 Å². The molecule has 0 saturated carbocycles. The predicted molar refractivity (Wildman–Crippen MR) is 80.3 cm³/mol. The van der Waals surface area contributed by atoms with Gasteiger partial charge in [-0.3, -0.25) is 0 Å². The molecule has 0 aromatic heterocycles. The van der Waals surface area contributed by atoms with Crippen molar-refractivity contribution in [3.05, 3.63) is 46.2 Å². The molecule has 0 unspecified atom stereocenters. The van der Waals surface area contributed by atoms with Crippen LogP contribution in [0.15, 0.2) is 34.8 Å². The molecule has 2 aromatic carbocycles. The summed E-state index contributed by atoms with van der Waals surface area (Å²) in [5.74, 6) is 1.34. The number of halogens is 2. The molecule has 21 heavy (non-hydrogen) atoms. The first-order valence-corrected chi connectivity index (χ1v) is 7.18. The van der Waals surface area contributed by atoms with E-state index in [0.29, 0.717) is 40.6 Å². The number of anilines is 1. The van der Waals surface area contributed by atoms with E-state index in [2.05, 4.69) is 15.9 Å². The van der Waals surface area contributed by atoms with Crippen molar-refractivity contribution >= 4 is 21.6 Å². The molecule has 0 amide bonds. The Morgan fingerprint density at radius 1 is 1.14 bits per heavy atom. The van der Waals surface area contributed by atoms with E-state index < -0.39 is 0 Å². The van der Waals surface area contributed by atoms with Gasteiger partial charge in [-0.2, -0.15) is 0 Å². The fraction of sp³-hybridized carbons (Fsp3) is 0.200. The quantitative estimate of drug-likeness (QED) is 0.857. The second kappa shape index (κ2) is 5.81. The van der Waals surface area contributed by atoms with E-state index in [1.165, 1.54) is 12.1 Å². The van der Waals surface area contributed by atoms with Crippen LogP contribution in [0, 0.1) is 5.82 Å². The van der Waals surface area contributed by atoms with Crippen molar-refractivity contribution in [2.45, 2.75) is 6.61 Å². The van der Waals surface area contributed by atoms with E-state index in [1.807, 2.05) is 0 Å². The average molecular weight is 354 g/mol. The molecule has 0 fully saturated rings. The number of hydrogen-bond donors (Lipinski definition) is 1. The zero-order chi connectivity index (χ0) is 14.8. The molecule has 110 valence electrons. The van der Waals surface area contributed by atoms with Gasteiger partial charge in [-0.1, -0.05) is 0 Å². The summed E-state index contributed by atoms with van der Waals surface area (Å²) in [7, 11) is 0. The minimum Gasteiger partial charge on any atom is -0.488 e. The molecule has 0 radical (unpaired) electrons. The first-order valence-electron chi connectivity index (χ1n) is 6.39. The number of hydrogen-bond acceptors (Lipinski definition) is 4. The normalized spacial score (nSPS) is 13.0. The summed E-state index contributed by atoms with van der Waals surface area (Å²) >= 11 is 3.31. The Morgan fingerprint density at radius 3 is 2.62 bits per heavy atom. The van der Waals surface area contributed by atoms with Crippen LogP contribution in [0.2, 0.25) is 0 Å². The van der Waals surface area contributed by atoms with E-state index in [9.17, 15) is 4.39 Å². The van der Waals surface area contributed by atoms with Crippen molar-refractivity contribution in [1.29, 1.82) is 0 Å². The highest BCUT2D eigenvalue weighted by Gasteiger charge is 2.15. The third-order valence-corrected chi connectivity index (χ3v) is 3.74. The summed E-state index contributed by atoms with van der Waals surface area (Å²) in [4.78, 5) is 0. The lowest BCUT2D eigenvalue weighted by Gasteiger charge is -2.20. The van der Waals surface area contributed by atoms with Gasteiger partial charge in [-0.25, -0.2) is 4.39 Å². The molecule has 0 spiro atoms. The van der Waals surface area contributed by atoms with Crippen LogP contribution in [0.5, 0.6) is 17.2 Å². The lowest BCUT2D eigenvalue weighted by molar-refractivity contribution is 0.171. The molecular formula is C15H13BrFNO3. The number of rotatable bonds is 3. The highest BCUT2D eigenvalue weighted by atomic mass is 79.9. The van der Waals surface area contributed by atoms with Gasteiger partial charge in [0.05, 0.1) is 4.47 Å². The molecule has 6 heteroatoms. The van der Waals surface area contributed by atoms with Crippen LogP contribution in [-0.2, 0) is 6.61 Å². The summed E-state index contributed by atoms with van der Waals surface area (Å²) in [6, 6.07) is 7.77. The Kier molecular flexibility index (Phi) is 3.88. The molecule has 2 aromatic rings. The lowest BCUT2D eigenvalue weighted by Crippen LogP contribution is -2.16. The van der Waals surface area contributed by atoms with Gasteiger partial charge in [0.1, 0.15) is 31.4 Å². The molecule has 0 saturated heterocycles. The van der Waals surface area contributed by atoms with Gasteiger partial charge < -0.3 is 19.9 Å². The Hall–Kier alpha value is -1.95. The molecule has 0 bridgehead atoms. The standard InChI is InChI=1S/C15H13BrFNO3/c16-11-2-1-10(17)6-13(11)21-8-9-5-14-15(7-12(9)18)20-4-3-19-14/h1-2,5-7H,3-4,8,18H2. The molecule has 2 N–H and O–H groups in total. The summed E-state index contributed by atoms with van der Waals surface area (Å²) < 4.78 is 30.5. The van der Waals surface area contributed by atoms with Gasteiger partial charge in [-0.05, 0) is 34.1 Å². The highest BCUT2D eigenvalue weighted by molar-refractivity contribution is 9.10. The molecule has 3 rings (SSSR count). The second-order valence-electron chi connectivity index (χ2n) is 4.56. The maximum absolute atomic E-state index is 13.2. The molecule has 0 aliphatic carbocycles. The zero-order valence-corrected chi connectivity index (χ0v) is 12.7. The van der Waals surface area contributed by atoms with Crippen molar-refractivity contribution < 1.29 is 18.6 Å². The smallest absolute Gasteiger partial charge is 0.163 e. The summed E-state index contributed by atoms with van der Waals surface area (Å²) in [6.07, 6.45) is 0. The van der Waals surface area contributed by atoms with Crippen LogP contribution < -0.4 is 19.9 Å². The Labute approximate surface area is 129 Å². The SMILES string of the molecule is Nc1cc2c(cc1COc1cc(F)ccc1Br)OCCO2. The lowest BCUT2D eigenvalue weighted by atomic mass is 10.1. The van der Waals surface area contributed by atoms with Crippen LogP contribution in [0.1, 0.15) is 5.56 Å². The third kappa shape index (κ3) is 3.05. The number of nitrogen functional groups attached to an aromatic ring is 1. The summed E-state index contributed by atoms with van der Waals surface area (Å²) in [6.45, 7) is 1.23. The molecular weight excluding hydrogens is 341 g/mol. The fourth-order valence-electron chi connectivity index (χ4n) is 2.01. The van der Waals surface area contributed by atoms with Gasteiger partial charge in [0, 0.05) is 23.4 Å². The van der Waals surface area contributed by atoms with E-state index in [0.717, 1.165) is 5.56 Å². The van der Waals surface area contributed by atoms with E-state index in [1.54, 1.807) is 18.2 Å². The average Bonchev–Trinajstić information content (AvgIpc) is 2.48. The number of nitrogens with two attached hydrogens (primary N) is 1. The van der Waals surface area contributed by atoms with Crippen molar-refractivity contribution in [2.75, 3.05) is 18.9 Å². The predicted octanol–water partition coefficient (Wildman–Crippen LogP) is 3.52. The third-order valence-electron chi connectivity index (χ3n) is 3.08. The first-order chi connectivity index (χ1) is 10.1. The first kappa shape index (κ1) is 14.0. The second-order valence-corrected chi connectivity index (χ2v) is 5.41. The minimum atomic E-state index is -0.358.